The third-order valence-corrected chi connectivity index (χ3v) is 5.84. The molecule has 4 rings (SSSR count). The second-order valence-electron chi connectivity index (χ2n) is 8.40. The molecule has 0 spiro atoms. The smallest absolute Gasteiger partial charge is 0.296 e. The molecule has 1 aromatic heterocycles. The number of carbonyl (C=O) groups excluding carboxylic acids is 2. The Morgan fingerprint density at radius 2 is 1.88 bits per heavy atom. The lowest BCUT2D eigenvalue weighted by molar-refractivity contribution is -0.140. The predicted octanol–water partition coefficient (Wildman–Crippen LogP) is 5.56. The van der Waals surface area contributed by atoms with Crippen molar-refractivity contribution in [2.75, 3.05) is 6.61 Å². The highest BCUT2D eigenvalue weighted by atomic mass is 19.1. The maximum absolute atomic E-state index is 13.6. The van der Waals surface area contributed by atoms with Gasteiger partial charge in [0.1, 0.15) is 23.1 Å². The summed E-state index contributed by atoms with van der Waals surface area (Å²) >= 11 is 0. The fraction of sp³-hybridized carbons (Fsp3) is 0.259. The van der Waals surface area contributed by atoms with Crippen molar-refractivity contribution in [3.63, 3.8) is 0 Å². The Morgan fingerprint density at radius 3 is 2.50 bits per heavy atom. The highest BCUT2D eigenvalue weighted by Gasteiger charge is 2.46. The summed E-state index contributed by atoms with van der Waals surface area (Å²) in [6, 6.07) is 13.2. The number of ketones is 1. The summed E-state index contributed by atoms with van der Waals surface area (Å²) in [5.74, 6) is -1.02. The Labute approximate surface area is 197 Å². The first-order valence-electron chi connectivity index (χ1n) is 11.1. The normalized spacial score (nSPS) is 17.6. The molecule has 3 aromatic rings. The quantitative estimate of drug-likeness (QED) is 0.282. The van der Waals surface area contributed by atoms with Crippen molar-refractivity contribution in [2.45, 2.75) is 39.3 Å². The summed E-state index contributed by atoms with van der Waals surface area (Å²) in [6.45, 7) is 6.41. The van der Waals surface area contributed by atoms with Crippen molar-refractivity contribution in [1.29, 1.82) is 0 Å². The molecular formula is C27H26FNO5. The van der Waals surface area contributed by atoms with E-state index in [2.05, 4.69) is 0 Å². The van der Waals surface area contributed by atoms with Crippen molar-refractivity contribution in [3.8, 4) is 5.75 Å². The van der Waals surface area contributed by atoms with E-state index in [4.69, 9.17) is 9.15 Å². The highest BCUT2D eigenvalue weighted by molar-refractivity contribution is 6.46. The number of Topliss-reactive ketones (excluding diaryl/α,β-unsaturated/α-hetero) is 1. The molecule has 34 heavy (non-hydrogen) atoms. The van der Waals surface area contributed by atoms with Crippen LogP contribution in [0.1, 0.15) is 55.2 Å². The minimum atomic E-state index is -0.903. The van der Waals surface area contributed by atoms with Gasteiger partial charge in [-0.3, -0.25) is 9.59 Å². The molecule has 1 fully saturated rings. The SMILES string of the molecule is CCOc1ccc(/C(O)=C2/C(=O)C(=O)N(Cc3ccco3)C2c2ccc(F)cc2)cc1C(C)C. The van der Waals surface area contributed by atoms with Gasteiger partial charge in [0.15, 0.2) is 0 Å². The lowest BCUT2D eigenvalue weighted by Gasteiger charge is -2.24. The molecule has 1 N–H and O–H groups in total. The Hall–Kier alpha value is -3.87. The van der Waals surface area contributed by atoms with Crippen molar-refractivity contribution in [3.05, 3.63) is 94.7 Å². The molecule has 0 aliphatic carbocycles. The largest absolute Gasteiger partial charge is 0.507 e. The average Bonchev–Trinajstić information content (AvgIpc) is 3.42. The van der Waals surface area contributed by atoms with E-state index in [0.29, 0.717) is 29.2 Å². The van der Waals surface area contributed by atoms with Gasteiger partial charge in [0.25, 0.3) is 11.7 Å². The van der Waals surface area contributed by atoms with Crippen LogP contribution in [0.3, 0.4) is 0 Å². The Kier molecular flexibility index (Phi) is 6.54. The maximum Gasteiger partial charge on any atom is 0.296 e. The Bertz CT molecular complexity index is 1230. The summed E-state index contributed by atoms with van der Waals surface area (Å²) in [6.07, 6.45) is 1.48. The summed E-state index contributed by atoms with van der Waals surface area (Å²) < 4.78 is 24.7. The Balaban J connectivity index is 1.86. The van der Waals surface area contributed by atoms with E-state index >= 15 is 0 Å². The zero-order chi connectivity index (χ0) is 24.4. The zero-order valence-electron chi connectivity index (χ0n) is 19.2. The van der Waals surface area contributed by atoms with Gasteiger partial charge in [0.05, 0.1) is 31.0 Å². The van der Waals surface area contributed by atoms with Crippen molar-refractivity contribution in [2.24, 2.45) is 0 Å². The van der Waals surface area contributed by atoms with Crippen LogP contribution in [0.4, 0.5) is 4.39 Å². The van der Waals surface area contributed by atoms with E-state index in [-0.39, 0.29) is 23.8 Å². The van der Waals surface area contributed by atoms with E-state index in [1.54, 1.807) is 30.3 Å². The van der Waals surface area contributed by atoms with Gasteiger partial charge in [-0.15, -0.1) is 0 Å². The van der Waals surface area contributed by atoms with Crippen LogP contribution in [-0.4, -0.2) is 28.3 Å². The number of furan rings is 1. The van der Waals surface area contributed by atoms with E-state index in [1.165, 1.54) is 35.4 Å². The molecule has 1 amide bonds. The number of hydrogen-bond acceptors (Lipinski definition) is 5. The third kappa shape index (κ3) is 4.33. The number of aliphatic hydroxyl groups is 1. The van der Waals surface area contributed by atoms with Gasteiger partial charge >= 0.3 is 0 Å². The van der Waals surface area contributed by atoms with Gasteiger partial charge in [0.2, 0.25) is 0 Å². The topological polar surface area (TPSA) is 80.0 Å². The van der Waals surface area contributed by atoms with Crippen molar-refractivity contribution < 1.29 is 28.2 Å². The first kappa shape index (κ1) is 23.3. The summed E-state index contributed by atoms with van der Waals surface area (Å²) in [5, 5.41) is 11.3. The van der Waals surface area contributed by atoms with Crippen LogP contribution >= 0.6 is 0 Å². The number of likely N-dealkylation sites (tertiary alicyclic amines) is 1. The molecule has 0 bridgehead atoms. The predicted molar refractivity (Wildman–Crippen MR) is 125 cm³/mol. The molecule has 7 heteroatoms. The monoisotopic (exact) mass is 463 g/mol. The van der Waals surface area contributed by atoms with Crippen LogP contribution < -0.4 is 4.74 Å². The van der Waals surface area contributed by atoms with Crippen LogP contribution in [-0.2, 0) is 16.1 Å². The first-order valence-corrected chi connectivity index (χ1v) is 11.1. The number of ether oxygens (including phenoxy) is 1. The lowest BCUT2D eigenvalue weighted by Crippen LogP contribution is -2.29. The molecular weight excluding hydrogens is 437 g/mol. The standard InChI is InChI=1S/C27H26FNO5/c1-4-33-22-12-9-18(14-21(22)16(2)3)25(30)23-24(17-7-10-19(28)11-8-17)29(27(32)26(23)31)15-20-6-5-13-34-20/h5-14,16,24,30H,4,15H2,1-3H3/b25-23-. The van der Waals surface area contributed by atoms with Gasteiger partial charge in [-0.05, 0) is 66.4 Å². The molecule has 176 valence electrons. The number of halogens is 1. The number of carbonyl (C=O) groups is 2. The fourth-order valence-electron chi connectivity index (χ4n) is 4.19. The molecule has 1 unspecified atom stereocenters. The Morgan fingerprint density at radius 1 is 1.15 bits per heavy atom. The molecule has 1 saturated heterocycles. The first-order chi connectivity index (χ1) is 16.3. The van der Waals surface area contributed by atoms with Crippen LogP contribution in [0.2, 0.25) is 0 Å². The van der Waals surface area contributed by atoms with Crippen LogP contribution in [0.5, 0.6) is 5.75 Å². The van der Waals surface area contributed by atoms with Gasteiger partial charge in [-0.25, -0.2) is 4.39 Å². The molecule has 2 heterocycles. The third-order valence-electron chi connectivity index (χ3n) is 5.84. The van der Waals surface area contributed by atoms with E-state index < -0.39 is 23.5 Å². The summed E-state index contributed by atoms with van der Waals surface area (Å²) in [5.41, 5.74) is 1.72. The summed E-state index contributed by atoms with van der Waals surface area (Å²) in [7, 11) is 0. The lowest BCUT2D eigenvalue weighted by atomic mass is 9.93. The van der Waals surface area contributed by atoms with Crippen LogP contribution in [0, 0.1) is 5.82 Å². The molecule has 0 saturated carbocycles. The van der Waals surface area contributed by atoms with E-state index in [1.807, 2.05) is 20.8 Å². The molecule has 6 nitrogen and oxygen atoms in total. The number of hydrogen-bond donors (Lipinski definition) is 1. The number of benzene rings is 2. The molecule has 0 radical (unpaired) electrons. The van der Waals surface area contributed by atoms with Gasteiger partial charge in [-0.1, -0.05) is 26.0 Å². The second-order valence-corrected chi connectivity index (χ2v) is 8.40. The number of nitrogens with zero attached hydrogens (tertiary/aromatic N) is 1. The molecule has 1 aliphatic rings. The van der Waals surface area contributed by atoms with E-state index in [9.17, 15) is 19.1 Å². The second kappa shape index (κ2) is 9.55. The van der Waals surface area contributed by atoms with Gasteiger partial charge in [0, 0.05) is 5.56 Å². The minimum Gasteiger partial charge on any atom is -0.507 e. The van der Waals surface area contributed by atoms with Crippen molar-refractivity contribution in [1.82, 2.24) is 4.90 Å². The maximum atomic E-state index is 13.6. The average molecular weight is 464 g/mol. The van der Waals surface area contributed by atoms with Crippen molar-refractivity contribution >= 4 is 17.4 Å². The number of aliphatic hydroxyl groups excluding tert-OH is 1. The van der Waals surface area contributed by atoms with Crippen LogP contribution in [0.15, 0.2) is 70.9 Å². The molecule has 2 aromatic carbocycles. The number of rotatable bonds is 7. The fourth-order valence-corrected chi connectivity index (χ4v) is 4.19. The molecule has 1 aliphatic heterocycles. The summed E-state index contributed by atoms with van der Waals surface area (Å²) in [4.78, 5) is 27.5. The van der Waals surface area contributed by atoms with E-state index in [0.717, 1.165) is 5.56 Å². The highest BCUT2D eigenvalue weighted by Crippen LogP contribution is 2.41. The zero-order valence-corrected chi connectivity index (χ0v) is 19.2. The van der Waals surface area contributed by atoms with Crippen LogP contribution in [0.25, 0.3) is 5.76 Å². The molecule has 1 atom stereocenters. The number of amides is 1. The van der Waals surface area contributed by atoms with Gasteiger partial charge in [-0.2, -0.15) is 0 Å². The van der Waals surface area contributed by atoms with Gasteiger partial charge < -0.3 is 19.2 Å². The minimum absolute atomic E-state index is 0.0247.